The molecule has 0 bridgehead atoms. The zero-order chi connectivity index (χ0) is 14.1. The standard InChI is InChI=1S/C15H13BrN4/c1-20(11-5-3-2-4-6-11)14-12-9-10(16)7-8-13(12)18-15(17)19-14/h2-9H,1H3,(H2,17,18,19). The van der Waals surface area contributed by atoms with Gasteiger partial charge in [-0.3, -0.25) is 0 Å². The Bertz CT molecular complexity index is 758. The highest BCUT2D eigenvalue weighted by Crippen LogP contribution is 2.30. The summed E-state index contributed by atoms with van der Waals surface area (Å²) in [6.45, 7) is 0. The molecule has 0 aliphatic heterocycles. The van der Waals surface area contributed by atoms with Crippen LogP contribution in [-0.2, 0) is 0 Å². The van der Waals surface area contributed by atoms with Crippen molar-refractivity contribution in [1.82, 2.24) is 9.97 Å². The van der Waals surface area contributed by atoms with E-state index in [0.717, 1.165) is 26.9 Å². The van der Waals surface area contributed by atoms with E-state index in [1.165, 1.54) is 0 Å². The molecule has 4 nitrogen and oxygen atoms in total. The Hall–Kier alpha value is -2.14. The van der Waals surface area contributed by atoms with Crippen LogP contribution in [0.5, 0.6) is 0 Å². The van der Waals surface area contributed by atoms with Gasteiger partial charge < -0.3 is 10.6 Å². The molecule has 0 aliphatic rings. The largest absolute Gasteiger partial charge is 0.368 e. The van der Waals surface area contributed by atoms with Crippen LogP contribution < -0.4 is 10.6 Å². The Balaban J connectivity index is 2.22. The van der Waals surface area contributed by atoms with E-state index in [1.54, 1.807) is 0 Å². The maximum atomic E-state index is 5.82. The van der Waals surface area contributed by atoms with E-state index < -0.39 is 0 Å². The third-order valence-electron chi connectivity index (χ3n) is 3.12. The number of hydrogen-bond donors (Lipinski definition) is 1. The highest BCUT2D eigenvalue weighted by atomic mass is 79.9. The van der Waals surface area contributed by atoms with Gasteiger partial charge in [0.05, 0.1) is 5.52 Å². The van der Waals surface area contributed by atoms with Gasteiger partial charge in [-0.25, -0.2) is 4.98 Å². The van der Waals surface area contributed by atoms with E-state index in [2.05, 4.69) is 25.9 Å². The van der Waals surface area contributed by atoms with Crippen molar-refractivity contribution in [2.24, 2.45) is 0 Å². The van der Waals surface area contributed by atoms with Crippen LogP contribution >= 0.6 is 15.9 Å². The molecule has 0 atom stereocenters. The minimum absolute atomic E-state index is 0.276. The number of hydrogen-bond acceptors (Lipinski definition) is 4. The SMILES string of the molecule is CN(c1ccccc1)c1nc(N)nc2ccc(Br)cc12. The fraction of sp³-hybridized carbons (Fsp3) is 0.0667. The molecule has 20 heavy (non-hydrogen) atoms. The lowest BCUT2D eigenvalue weighted by molar-refractivity contribution is 1.12. The van der Waals surface area contributed by atoms with Gasteiger partial charge in [-0.1, -0.05) is 34.1 Å². The molecule has 0 saturated heterocycles. The predicted octanol–water partition coefficient (Wildman–Crippen LogP) is 3.74. The zero-order valence-electron chi connectivity index (χ0n) is 10.9. The summed E-state index contributed by atoms with van der Waals surface area (Å²) in [6, 6.07) is 15.9. The number of para-hydroxylation sites is 1. The number of nitrogens with zero attached hydrogens (tertiary/aromatic N) is 3. The number of aromatic nitrogens is 2. The summed E-state index contributed by atoms with van der Waals surface area (Å²) < 4.78 is 0.987. The van der Waals surface area contributed by atoms with E-state index in [4.69, 9.17) is 5.73 Å². The van der Waals surface area contributed by atoms with Crippen LogP contribution in [0.1, 0.15) is 0 Å². The molecule has 0 aliphatic carbocycles. The molecule has 2 aromatic carbocycles. The minimum atomic E-state index is 0.276. The number of nitrogen functional groups attached to an aromatic ring is 1. The van der Waals surface area contributed by atoms with Crippen molar-refractivity contribution in [2.75, 3.05) is 17.7 Å². The summed E-state index contributed by atoms with van der Waals surface area (Å²) in [6.07, 6.45) is 0. The Morgan fingerprint density at radius 1 is 1.05 bits per heavy atom. The number of fused-ring (bicyclic) bond motifs is 1. The van der Waals surface area contributed by atoms with E-state index in [1.807, 2.05) is 60.5 Å². The lowest BCUT2D eigenvalue weighted by atomic mass is 10.2. The van der Waals surface area contributed by atoms with E-state index in [9.17, 15) is 0 Å². The van der Waals surface area contributed by atoms with Gasteiger partial charge in [0.2, 0.25) is 5.95 Å². The summed E-state index contributed by atoms with van der Waals surface area (Å²) in [5.74, 6) is 1.07. The molecule has 100 valence electrons. The van der Waals surface area contributed by atoms with Crippen LogP contribution in [0, 0.1) is 0 Å². The maximum absolute atomic E-state index is 5.82. The second-order valence-corrected chi connectivity index (χ2v) is 5.38. The topological polar surface area (TPSA) is 55.0 Å². The summed E-state index contributed by atoms with van der Waals surface area (Å²) >= 11 is 3.49. The van der Waals surface area contributed by atoms with Gasteiger partial charge in [-0.05, 0) is 30.3 Å². The number of halogens is 1. The maximum Gasteiger partial charge on any atom is 0.222 e. The molecule has 0 saturated carbocycles. The molecule has 3 rings (SSSR count). The van der Waals surface area contributed by atoms with Crippen LogP contribution in [0.4, 0.5) is 17.5 Å². The van der Waals surface area contributed by atoms with Gasteiger partial charge in [0.25, 0.3) is 0 Å². The van der Waals surface area contributed by atoms with Crippen molar-refractivity contribution < 1.29 is 0 Å². The molecule has 5 heteroatoms. The fourth-order valence-electron chi connectivity index (χ4n) is 2.13. The average molecular weight is 329 g/mol. The third-order valence-corrected chi connectivity index (χ3v) is 3.61. The van der Waals surface area contributed by atoms with Gasteiger partial charge in [-0.15, -0.1) is 0 Å². The fourth-order valence-corrected chi connectivity index (χ4v) is 2.49. The Morgan fingerprint density at radius 2 is 1.80 bits per heavy atom. The van der Waals surface area contributed by atoms with Crippen molar-refractivity contribution in [3.05, 3.63) is 53.0 Å². The highest BCUT2D eigenvalue weighted by Gasteiger charge is 2.12. The van der Waals surface area contributed by atoms with Crippen molar-refractivity contribution in [2.45, 2.75) is 0 Å². The first kappa shape index (κ1) is 12.9. The lowest BCUT2D eigenvalue weighted by Crippen LogP contribution is -2.13. The van der Waals surface area contributed by atoms with E-state index in [0.29, 0.717) is 0 Å². The Morgan fingerprint density at radius 3 is 2.55 bits per heavy atom. The van der Waals surface area contributed by atoms with Crippen LogP contribution in [0.25, 0.3) is 10.9 Å². The molecule has 0 radical (unpaired) electrons. The summed E-state index contributed by atoms with van der Waals surface area (Å²) in [5.41, 5.74) is 7.70. The highest BCUT2D eigenvalue weighted by molar-refractivity contribution is 9.10. The van der Waals surface area contributed by atoms with E-state index in [-0.39, 0.29) is 5.95 Å². The summed E-state index contributed by atoms with van der Waals surface area (Å²) in [5, 5.41) is 0.958. The molecular weight excluding hydrogens is 316 g/mol. The third kappa shape index (κ3) is 2.32. The minimum Gasteiger partial charge on any atom is -0.368 e. The van der Waals surface area contributed by atoms with E-state index >= 15 is 0 Å². The molecule has 1 aromatic heterocycles. The number of anilines is 3. The first-order valence-corrected chi connectivity index (χ1v) is 6.96. The molecule has 0 fully saturated rings. The van der Waals surface area contributed by atoms with Crippen LogP contribution in [0.2, 0.25) is 0 Å². The predicted molar refractivity (Wildman–Crippen MR) is 86.2 cm³/mol. The summed E-state index contributed by atoms with van der Waals surface area (Å²) in [7, 11) is 1.97. The van der Waals surface area contributed by atoms with Gasteiger partial charge >= 0.3 is 0 Å². The van der Waals surface area contributed by atoms with Crippen molar-refractivity contribution in [3.8, 4) is 0 Å². The molecule has 0 amide bonds. The number of benzene rings is 2. The van der Waals surface area contributed by atoms with Crippen molar-refractivity contribution >= 4 is 44.3 Å². The lowest BCUT2D eigenvalue weighted by Gasteiger charge is -2.20. The van der Waals surface area contributed by atoms with Crippen LogP contribution in [-0.4, -0.2) is 17.0 Å². The van der Waals surface area contributed by atoms with Crippen molar-refractivity contribution in [3.63, 3.8) is 0 Å². The number of rotatable bonds is 2. The van der Waals surface area contributed by atoms with Crippen molar-refractivity contribution in [1.29, 1.82) is 0 Å². The second-order valence-electron chi connectivity index (χ2n) is 4.46. The van der Waals surface area contributed by atoms with Gasteiger partial charge in [-0.2, -0.15) is 4.98 Å². The second kappa shape index (κ2) is 5.09. The number of nitrogens with two attached hydrogens (primary N) is 1. The first-order valence-electron chi connectivity index (χ1n) is 6.17. The molecule has 0 unspecified atom stereocenters. The summed E-state index contributed by atoms with van der Waals surface area (Å²) in [4.78, 5) is 10.7. The monoisotopic (exact) mass is 328 g/mol. The molecule has 0 spiro atoms. The van der Waals surface area contributed by atoms with Gasteiger partial charge in [0.1, 0.15) is 5.82 Å². The quantitative estimate of drug-likeness (QED) is 0.778. The van der Waals surface area contributed by atoms with Crippen LogP contribution in [0.15, 0.2) is 53.0 Å². The van der Waals surface area contributed by atoms with Gasteiger partial charge in [0, 0.05) is 22.6 Å². The smallest absolute Gasteiger partial charge is 0.222 e. The molecule has 3 aromatic rings. The Kier molecular flexibility index (Phi) is 3.28. The zero-order valence-corrected chi connectivity index (χ0v) is 12.5. The normalized spacial score (nSPS) is 10.7. The van der Waals surface area contributed by atoms with Crippen LogP contribution in [0.3, 0.4) is 0 Å². The molecule has 2 N–H and O–H groups in total. The average Bonchev–Trinajstić information content (AvgIpc) is 2.47. The molecular formula is C15H13BrN4. The first-order chi connectivity index (χ1) is 9.65. The van der Waals surface area contributed by atoms with Gasteiger partial charge in [0.15, 0.2) is 0 Å². The Labute approximate surface area is 125 Å². The molecule has 1 heterocycles.